The lowest BCUT2D eigenvalue weighted by molar-refractivity contribution is 1.42. The van der Waals surface area contributed by atoms with Crippen LogP contribution in [0, 0.1) is 0 Å². The number of hydrogen-bond donors (Lipinski definition) is 0. The lowest BCUT2D eigenvalue weighted by atomic mass is 10.1. The van der Waals surface area contributed by atoms with Crippen LogP contribution in [0.1, 0.15) is 5.56 Å². The first-order chi connectivity index (χ1) is 5.90. The van der Waals surface area contributed by atoms with Crippen molar-refractivity contribution >= 4 is 21.0 Å². The largest absolute Gasteiger partial charge is 0.0616 e. The minimum absolute atomic E-state index is 1.25. The number of fused-ring (bicyclic) bond motifs is 1. The van der Waals surface area contributed by atoms with Gasteiger partial charge in [-0.05, 0) is 16.8 Å². The summed E-state index contributed by atoms with van der Waals surface area (Å²) in [4.78, 5) is 0. The molecular weight excluding hydrogens is 160 g/mol. The Labute approximate surface area is 75.6 Å². The Kier molecular flexibility index (Phi) is 1.96. The maximum atomic E-state index is 2.29. The van der Waals surface area contributed by atoms with Crippen molar-refractivity contribution in [2.24, 2.45) is 0 Å². The maximum Gasteiger partial charge on any atom is 0.00833 e. The summed E-state index contributed by atoms with van der Waals surface area (Å²) in [5.41, 5.74) is 1.47. The van der Waals surface area contributed by atoms with Crippen molar-refractivity contribution < 1.29 is 0 Å². The van der Waals surface area contributed by atoms with Gasteiger partial charge in [0, 0.05) is 10.2 Å². The second-order valence-corrected chi connectivity index (χ2v) is 3.74. The van der Waals surface area contributed by atoms with Gasteiger partial charge in [-0.3, -0.25) is 0 Å². The Bertz CT molecular complexity index is 393. The zero-order valence-corrected chi connectivity index (χ0v) is 9.25. The van der Waals surface area contributed by atoms with E-state index < -0.39 is 0 Å². The molecule has 2 aromatic carbocycles. The Morgan fingerprint density at radius 3 is 2.42 bits per heavy atom. The molecule has 0 saturated heterocycles. The van der Waals surface area contributed by atoms with Gasteiger partial charge in [0.25, 0.3) is 0 Å². The average Bonchev–Trinajstić information content (AvgIpc) is 2.17. The van der Waals surface area contributed by atoms with Gasteiger partial charge in [0.05, 0.1) is 0 Å². The van der Waals surface area contributed by atoms with Crippen molar-refractivity contribution in [2.45, 2.75) is 6.04 Å². The summed E-state index contributed by atoms with van der Waals surface area (Å²) in [6.45, 7) is 0. The smallest absolute Gasteiger partial charge is 0.00833 e. The van der Waals surface area contributed by atoms with Gasteiger partial charge in [0.1, 0.15) is 0 Å². The summed E-state index contributed by atoms with van der Waals surface area (Å²) in [5, 5.41) is 2.71. The molecule has 0 unspecified atom stereocenters. The summed E-state index contributed by atoms with van der Waals surface area (Å²) in [6, 6.07) is 16.5. The molecule has 0 aliphatic heterocycles. The topological polar surface area (TPSA) is 0 Å². The molecule has 0 bridgehead atoms. The van der Waals surface area contributed by atoms with Crippen LogP contribution in [-0.4, -0.2) is 10.2 Å². The molecule has 0 radical (unpaired) electrons. The molecular formula is C11H12Si. The van der Waals surface area contributed by atoms with E-state index in [0.29, 0.717) is 0 Å². The first-order valence-electron chi connectivity index (χ1n) is 4.38. The third-order valence-corrected chi connectivity index (χ3v) is 3.04. The van der Waals surface area contributed by atoms with Gasteiger partial charge in [-0.2, -0.15) is 0 Å². The van der Waals surface area contributed by atoms with Crippen LogP contribution in [0.15, 0.2) is 42.5 Å². The fourth-order valence-corrected chi connectivity index (χ4v) is 1.90. The third-order valence-electron chi connectivity index (χ3n) is 2.22. The van der Waals surface area contributed by atoms with Crippen LogP contribution in [0.3, 0.4) is 0 Å². The first-order valence-corrected chi connectivity index (χ1v) is 5.79. The molecule has 12 heavy (non-hydrogen) atoms. The van der Waals surface area contributed by atoms with E-state index in [1.807, 2.05) is 0 Å². The molecule has 2 aromatic rings. The molecule has 0 saturated carbocycles. The molecule has 0 amide bonds. The Morgan fingerprint density at radius 2 is 1.67 bits per heavy atom. The van der Waals surface area contributed by atoms with Crippen LogP contribution >= 0.6 is 0 Å². The number of hydrogen-bond acceptors (Lipinski definition) is 0. The molecule has 0 aromatic heterocycles. The fraction of sp³-hybridized carbons (Fsp3) is 0.0909. The Balaban J connectivity index is 2.67. The van der Waals surface area contributed by atoms with Gasteiger partial charge in [-0.1, -0.05) is 48.0 Å². The van der Waals surface area contributed by atoms with Crippen molar-refractivity contribution in [3.05, 3.63) is 48.0 Å². The maximum absolute atomic E-state index is 2.29. The minimum atomic E-state index is 1.25. The minimum Gasteiger partial charge on any atom is -0.0616 e. The fourth-order valence-electron chi connectivity index (χ4n) is 1.46. The first kappa shape index (κ1) is 7.56. The molecule has 0 aliphatic rings. The van der Waals surface area contributed by atoms with Crippen molar-refractivity contribution in [1.82, 2.24) is 0 Å². The average molecular weight is 172 g/mol. The SMILES string of the molecule is [SiH3]Cc1ccc2ccccc2c1. The zero-order chi connectivity index (χ0) is 8.39. The van der Waals surface area contributed by atoms with Gasteiger partial charge in [0.15, 0.2) is 0 Å². The van der Waals surface area contributed by atoms with Gasteiger partial charge in [0.2, 0.25) is 0 Å². The van der Waals surface area contributed by atoms with E-state index in [1.54, 1.807) is 0 Å². The molecule has 0 atom stereocenters. The highest BCUT2D eigenvalue weighted by Crippen LogP contribution is 2.15. The van der Waals surface area contributed by atoms with E-state index in [1.165, 1.54) is 32.6 Å². The van der Waals surface area contributed by atoms with E-state index in [-0.39, 0.29) is 0 Å². The van der Waals surface area contributed by atoms with Crippen LogP contribution in [-0.2, 0) is 6.04 Å². The molecule has 2 rings (SSSR count). The Morgan fingerprint density at radius 1 is 0.917 bits per heavy atom. The molecule has 0 heterocycles. The van der Waals surface area contributed by atoms with Crippen molar-refractivity contribution in [3.63, 3.8) is 0 Å². The van der Waals surface area contributed by atoms with Crippen LogP contribution in [0.4, 0.5) is 0 Å². The van der Waals surface area contributed by atoms with Crippen molar-refractivity contribution in [2.75, 3.05) is 0 Å². The third kappa shape index (κ3) is 1.28. The van der Waals surface area contributed by atoms with E-state index in [0.717, 1.165) is 0 Å². The van der Waals surface area contributed by atoms with Crippen molar-refractivity contribution in [3.8, 4) is 0 Å². The van der Waals surface area contributed by atoms with Crippen LogP contribution < -0.4 is 0 Å². The summed E-state index contributed by atoms with van der Waals surface area (Å²) < 4.78 is 0. The predicted octanol–water partition coefficient (Wildman–Crippen LogP) is 1.71. The molecule has 0 aliphatic carbocycles. The van der Waals surface area contributed by atoms with E-state index >= 15 is 0 Å². The summed E-state index contributed by atoms with van der Waals surface area (Å²) in [6.07, 6.45) is 0. The molecule has 1 heteroatoms. The van der Waals surface area contributed by atoms with E-state index in [2.05, 4.69) is 42.5 Å². The monoisotopic (exact) mass is 172 g/mol. The van der Waals surface area contributed by atoms with Gasteiger partial charge < -0.3 is 0 Å². The van der Waals surface area contributed by atoms with Gasteiger partial charge in [-0.25, -0.2) is 0 Å². The molecule has 0 nitrogen and oxygen atoms in total. The molecule has 60 valence electrons. The van der Waals surface area contributed by atoms with Crippen LogP contribution in [0.25, 0.3) is 10.8 Å². The van der Waals surface area contributed by atoms with Gasteiger partial charge >= 0.3 is 0 Å². The van der Waals surface area contributed by atoms with E-state index in [9.17, 15) is 0 Å². The van der Waals surface area contributed by atoms with Crippen LogP contribution in [0.2, 0.25) is 0 Å². The lowest BCUT2D eigenvalue weighted by Crippen LogP contribution is -1.82. The lowest BCUT2D eigenvalue weighted by Gasteiger charge is -1.99. The summed E-state index contributed by atoms with van der Waals surface area (Å²) in [5.74, 6) is 0. The number of rotatable bonds is 1. The molecule has 0 fully saturated rings. The zero-order valence-electron chi connectivity index (χ0n) is 7.25. The molecule has 0 N–H and O–H groups in total. The summed E-state index contributed by atoms with van der Waals surface area (Å²) in [7, 11) is 1.25. The predicted molar refractivity (Wildman–Crippen MR) is 57.6 cm³/mol. The quantitative estimate of drug-likeness (QED) is 0.574. The van der Waals surface area contributed by atoms with E-state index in [4.69, 9.17) is 0 Å². The summed E-state index contributed by atoms with van der Waals surface area (Å²) >= 11 is 0. The highest BCUT2D eigenvalue weighted by molar-refractivity contribution is 6.08. The Hall–Kier alpha value is -1.08. The van der Waals surface area contributed by atoms with Crippen molar-refractivity contribution in [1.29, 1.82) is 0 Å². The normalized spacial score (nSPS) is 10.7. The highest BCUT2D eigenvalue weighted by Gasteiger charge is 1.92. The highest BCUT2D eigenvalue weighted by atomic mass is 28.1. The second kappa shape index (κ2) is 3.11. The van der Waals surface area contributed by atoms with Gasteiger partial charge in [-0.15, -0.1) is 0 Å². The van der Waals surface area contributed by atoms with Crippen LogP contribution in [0.5, 0.6) is 0 Å². The standard InChI is InChI=1S/C11H12Si/c12-8-9-5-6-10-3-1-2-4-11(10)7-9/h1-7H,8H2,12H3. The number of benzene rings is 2. The second-order valence-electron chi connectivity index (χ2n) is 3.04. The molecule has 0 spiro atoms.